The van der Waals surface area contributed by atoms with Crippen LogP contribution in [-0.2, 0) is 0 Å². The predicted molar refractivity (Wildman–Crippen MR) is 89.1 cm³/mol. The first-order valence-electron chi connectivity index (χ1n) is 6.94. The maximum Gasteiger partial charge on any atom is 0.168 e. The minimum Gasteiger partial charge on any atom is -0.321 e. The summed E-state index contributed by atoms with van der Waals surface area (Å²) in [6.45, 7) is 3.16. The fourth-order valence-corrected chi connectivity index (χ4v) is 3.21. The number of amidine groups is 1. The minimum absolute atomic E-state index is 1.02. The van der Waals surface area contributed by atoms with Gasteiger partial charge in [-0.2, -0.15) is 0 Å². The van der Waals surface area contributed by atoms with Crippen molar-refractivity contribution in [2.45, 2.75) is 13.3 Å². The monoisotopic (exact) mass is 282 g/mol. The lowest BCUT2D eigenvalue weighted by Crippen LogP contribution is -2.33. The zero-order chi connectivity index (χ0) is 13.8. The van der Waals surface area contributed by atoms with Crippen LogP contribution in [0, 0.1) is 6.92 Å². The van der Waals surface area contributed by atoms with E-state index in [-0.39, 0.29) is 0 Å². The molecule has 102 valence electrons. The van der Waals surface area contributed by atoms with E-state index in [0.717, 1.165) is 23.2 Å². The van der Waals surface area contributed by atoms with Gasteiger partial charge in [-0.15, -0.1) is 0 Å². The molecule has 1 aliphatic rings. The smallest absolute Gasteiger partial charge is 0.168 e. The van der Waals surface area contributed by atoms with Gasteiger partial charge in [-0.25, -0.2) is 4.99 Å². The molecule has 0 aromatic heterocycles. The summed E-state index contributed by atoms with van der Waals surface area (Å²) in [5.74, 6) is 1.15. The van der Waals surface area contributed by atoms with E-state index in [1.165, 1.54) is 17.7 Å². The van der Waals surface area contributed by atoms with E-state index in [9.17, 15) is 0 Å². The number of aliphatic imine (C=N–C) groups is 1. The predicted octanol–water partition coefficient (Wildman–Crippen LogP) is 4.63. The molecule has 0 spiro atoms. The Morgan fingerprint density at radius 1 is 1.00 bits per heavy atom. The molecule has 1 fully saturated rings. The molecule has 0 N–H and O–H groups in total. The maximum atomic E-state index is 4.80. The van der Waals surface area contributed by atoms with E-state index in [4.69, 9.17) is 4.99 Å². The van der Waals surface area contributed by atoms with Gasteiger partial charge in [-0.3, -0.25) is 0 Å². The van der Waals surface area contributed by atoms with Gasteiger partial charge >= 0.3 is 0 Å². The Kier molecular flexibility index (Phi) is 4.07. The summed E-state index contributed by atoms with van der Waals surface area (Å²) >= 11 is 1.84. The summed E-state index contributed by atoms with van der Waals surface area (Å²) < 4.78 is 0. The second-order valence-corrected chi connectivity index (χ2v) is 5.98. The number of hydrogen-bond acceptors (Lipinski definition) is 2. The van der Waals surface area contributed by atoms with Crippen LogP contribution < -0.4 is 4.90 Å². The molecule has 0 saturated carbocycles. The third-order valence-corrected chi connectivity index (χ3v) is 4.38. The Morgan fingerprint density at radius 3 is 2.50 bits per heavy atom. The van der Waals surface area contributed by atoms with Crippen molar-refractivity contribution in [1.82, 2.24) is 0 Å². The molecule has 2 aromatic carbocycles. The average Bonchev–Trinajstić information content (AvgIpc) is 2.50. The van der Waals surface area contributed by atoms with Crippen LogP contribution >= 0.6 is 11.8 Å². The normalized spacial score (nSPS) is 17.4. The van der Waals surface area contributed by atoms with E-state index in [0.29, 0.717) is 0 Å². The molecule has 0 bridgehead atoms. The van der Waals surface area contributed by atoms with Gasteiger partial charge < -0.3 is 4.90 Å². The van der Waals surface area contributed by atoms with Crippen molar-refractivity contribution in [2.75, 3.05) is 17.2 Å². The first-order valence-corrected chi connectivity index (χ1v) is 7.92. The van der Waals surface area contributed by atoms with Crippen LogP contribution in [0.15, 0.2) is 59.6 Å². The van der Waals surface area contributed by atoms with Crippen LogP contribution in [0.5, 0.6) is 0 Å². The van der Waals surface area contributed by atoms with E-state index in [1.54, 1.807) is 0 Å². The van der Waals surface area contributed by atoms with E-state index in [1.807, 2.05) is 30.0 Å². The first-order chi connectivity index (χ1) is 9.83. The molecule has 1 aliphatic heterocycles. The maximum absolute atomic E-state index is 4.80. The van der Waals surface area contributed by atoms with Crippen molar-refractivity contribution < 1.29 is 0 Å². The number of hydrogen-bond donors (Lipinski definition) is 0. The Labute approximate surface area is 124 Å². The molecule has 3 rings (SSSR count). The molecular formula is C17H18N2S. The molecule has 1 heterocycles. The highest BCUT2D eigenvalue weighted by Crippen LogP contribution is 2.27. The standard InChI is InChI=1S/C17H18N2S/c1-14-8-10-16(11-9-14)19-12-5-13-20-17(19)18-15-6-3-2-4-7-15/h2-4,6-11H,5,12-13H2,1H3. The topological polar surface area (TPSA) is 15.6 Å². The van der Waals surface area contributed by atoms with E-state index >= 15 is 0 Å². The Balaban J connectivity index is 1.91. The lowest BCUT2D eigenvalue weighted by molar-refractivity contribution is 0.906. The van der Waals surface area contributed by atoms with Crippen molar-refractivity contribution in [1.29, 1.82) is 0 Å². The number of benzene rings is 2. The van der Waals surface area contributed by atoms with Crippen molar-refractivity contribution in [3.05, 3.63) is 60.2 Å². The minimum atomic E-state index is 1.02. The highest BCUT2D eigenvalue weighted by Gasteiger charge is 2.18. The molecule has 0 unspecified atom stereocenters. The van der Waals surface area contributed by atoms with Crippen LogP contribution in [0.2, 0.25) is 0 Å². The molecule has 0 aliphatic carbocycles. The molecular weight excluding hydrogens is 264 g/mol. The summed E-state index contributed by atoms with van der Waals surface area (Å²) in [7, 11) is 0. The third kappa shape index (κ3) is 3.05. The van der Waals surface area contributed by atoms with Gasteiger partial charge in [-0.05, 0) is 37.6 Å². The van der Waals surface area contributed by atoms with Crippen LogP contribution in [-0.4, -0.2) is 17.5 Å². The fourth-order valence-electron chi connectivity index (χ4n) is 2.23. The zero-order valence-corrected chi connectivity index (χ0v) is 12.4. The molecule has 2 aromatic rings. The van der Waals surface area contributed by atoms with Crippen LogP contribution in [0.3, 0.4) is 0 Å². The fraction of sp³-hybridized carbons (Fsp3) is 0.235. The van der Waals surface area contributed by atoms with Crippen LogP contribution in [0.1, 0.15) is 12.0 Å². The number of anilines is 1. The largest absolute Gasteiger partial charge is 0.321 e. The molecule has 2 nitrogen and oxygen atoms in total. The molecule has 20 heavy (non-hydrogen) atoms. The van der Waals surface area contributed by atoms with Gasteiger partial charge in [0.15, 0.2) is 5.17 Å². The van der Waals surface area contributed by atoms with Gasteiger partial charge in [0.2, 0.25) is 0 Å². The SMILES string of the molecule is Cc1ccc(N2CCCSC2=Nc2ccccc2)cc1. The summed E-state index contributed by atoms with van der Waals surface area (Å²) in [6, 6.07) is 18.9. The lowest BCUT2D eigenvalue weighted by Gasteiger charge is -2.29. The summed E-state index contributed by atoms with van der Waals surface area (Å²) in [4.78, 5) is 7.12. The number of thioether (sulfide) groups is 1. The Morgan fingerprint density at radius 2 is 1.75 bits per heavy atom. The summed E-state index contributed by atoms with van der Waals surface area (Å²) in [5.41, 5.74) is 3.55. The third-order valence-electron chi connectivity index (χ3n) is 3.31. The number of nitrogens with zero attached hydrogens (tertiary/aromatic N) is 2. The second-order valence-electron chi connectivity index (χ2n) is 4.92. The van der Waals surface area contributed by atoms with E-state index in [2.05, 4.69) is 48.2 Å². The van der Waals surface area contributed by atoms with Gasteiger partial charge in [-0.1, -0.05) is 47.7 Å². The van der Waals surface area contributed by atoms with Gasteiger partial charge in [0.1, 0.15) is 0 Å². The van der Waals surface area contributed by atoms with Crippen LogP contribution in [0.4, 0.5) is 11.4 Å². The van der Waals surface area contributed by atoms with Crippen molar-refractivity contribution in [3.8, 4) is 0 Å². The van der Waals surface area contributed by atoms with Crippen molar-refractivity contribution >= 4 is 28.3 Å². The van der Waals surface area contributed by atoms with E-state index < -0.39 is 0 Å². The van der Waals surface area contributed by atoms with Crippen LogP contribution in [0.25, 0.3) is 0 Å². The quantitative estimate of drug-likeness (QED) is 0.798. The van der Waals surface area contributed by atoms with Crippen molar-refractivity contribution in [3.63, 3.8) is 0 Å². The highest BCUT2D eigenvalue weighted by molar-refractivity contribution is 8.14. The number of para-hydroxylation sites is 1. The lowest BCUT2D eigenvalue weighted by atomic mass is 10.2. The Bertz CT molecular complexity index is 590. The molecule has 0 atom stereocenters. The first kappa shape index (κ1) is 13.3. The van der Waals surface area contributed by atoms with Gasteiger partial charge in [0.05, 0.1) is 5.69 Å². The second kappa shape index (κ2) is 6.14. The van der Waals surface area contributed by atoms with Gasteiger partial charge in [0, 0.05) is 18.0 Å². The number of aryl methyl sites for hydroxylation is 1. The van der Waals surface area contributed by atoms with Gasteiger partial charge in [0.25, 0.3) is 0 Å². The summed E-state index contributed by atoms with van der Waals surface area (Å²) in [6.07, 6.45) is 1.20. The van der Waals surface area contributed by atoms with Crippen molar-refractivity contribution in [2.24, 2.45) is 4.99 Å². The Hall–Kier alpha value is -1.74. The highest BCUT2D eigenvalue weighted by atomic mass is 32.2. The molecule has 0 amide bonds. The average molecular weight is 282 g/mol. The molecule has 0 radical (unpaired) electrons. The zero-order valence-electron chi connectivity index (χ0n) is 11.6. The molecule has 3 heteroatoms. The number of rotatable bonds is 2. The molecule has 1 saturated heterocycles. The summed E-state index contributed by atoms with van der Waals surface area (Å²) in [5, 5.41) is 1.10.